The third-order valence-electron chi connectivity index (χ3n) is 2.82. The van der Waals surface area contributed by atoms with Gasteiger partial charge in [-0.15, -0.1) is 0 Å². The quantitative estimate of drug-likeness (QED) is 0.800. The van der Waals surface area contributed by atoms with Gasteiger partial charge in [-0.25, -0.2) is 0 Å². The third kappa shape index (κ3) is 4.10. The zero-order chi connectivity index (χ0) is 13.5. The van der Waals surface area contributed by atoms with Gasteiger partial charge in [0, 0.05) is 18.8 Å². The number of benzene rings is 1. The number of aryl methyl sites for hydroxylation is 1. The van der Waals surface area contributed by atoms with Crippen LogP contribution in [-0.2, 0) is 6.42 Å². The van der Waals surface area contributed by atoms with E-state index in [0.717, 1.165) is 12.8 Å². The summed E-state index contributed by atoms with van der Waals surface area (Å²) in [5.41, 5.74) is 1.53. The van der Waals surface area contributed by atoms with Crippen molar-refractivity contribution in [2.24, 2.45) is 0 Å². The number of hydrogen-bond acceptors (Lipinski definition) is 2. The highest BCUT2D eigenvalue weighted by Crippen LogP contribution is 2.01. The Morgan fingerprint density at radius 3 is 2.58 bits per heavy atom. The van der Waals surface area contributed by atoms with E-state index in [1.54, 1.807) is 0 Å². The average molecular weight is 256 g/mol. The number of amides is 1. The summed E-state index contributed by atoms with van der Waals surface area (Å²) in [4.78, 5) is 25.1. The van der Waals surface area contributed by atoms with Gasteiger partial charge in [0.2, 0.25) is 5.56 Å². The second-order valence-corrected chi connectivity index (χ2v) is 4.29. The molecule has 0 saturated heterocycles. The summed E-state index contributed by atoms with van der Waals surface area (Å²) in [6, 6.07) is 13.0. The smallest absolute Gasteiger partial charge is 0.252 e. The van der Waals surface area contributed by atoms with Crippen LogP contribution in [0, 0.1) is 0 Å². The zero-order valence-corrected chi connectivity index (χ0v) is 10.6. The largest absolute Gasteiger partial charge is 0.352 e. The molecule has 0 aliphatic heterocycles. The first-order chi connectivity index (χ1) is 9.25. The van der Waals surface area contributed by atoms with Crippen molar-refractivity contribution >= 4 is 5.91 Å². The standard InChI is InChI=1S/C15H16N2O2/c18-14-9-8-13(11-17-14)15(19)16-10-4-7-12-5-2-1-3-6-12/h1-3,5-6,8-9,11H,4,7,10H2,(H,16,19)(H,17,18). The zero-order valence-electron chi connectivity index (χ0n) is 10.6. The molecule has 0 unspecified atom stereocenters. The van der Waals surface area contributed by atoms with Crippen molar-refractivity contribution in [1.82, 2.24) is 10.3 Å². The predicted octanol–water partition coefficient (Wildman–Crippen LogP) is 1.74. The highest BCUT2D eigenvalue weighted by atomic mass is 16.1. The first kappa shape index (κ1) is 13.1. The van der Waals surface area contributed by atoms with E-state index in [9.17, 15) is 9.59 Å². The van der Waals surface area contributed by atoms with Crippen molar-refractivity contribution in [3.8, 4) is 0 Å². The van der Waals surface area contributed by atoms with Gasteiger partial charge in [-0.1, -0.05) is 30.3 Å². The molecule has 0 atom stereocenters. The second kappa shape index (κ2) is 6.54. The van der Waals surface area contributed by atoms with Crippen molar-refractivity contribution in [2.45, 2.75) is 12.8 Å². The van der Waals surface area contributed by atoms with Gasteiger partial charge in [0.1, 0.15) is 0 Å². The van der Waals surface area contributed by atoms with Crippen molar-refractivity contribution in [2.75, 3.05) is 6.54 Å². The third-order valence-corrected chi connectivity index (χ3v) is 2.82. The van der Waals surface area contributed by atoms with Gasteiger partial charge in [0.05, 0.1) is 5.56 Å². The normalized spacial score (nSPS) is 10.1. The van der Waals surface area contributed by atoms with Gasteiger partial charge in [0.25, 0.3) is 5.91 Å². The molecule has 1 heterocycles. The predicted molar refractivity (Wildman–Crippen MR) is 74.2 cm³/mol. The first-order valence-electron chi connectivity index (χ1n) is 6.26. The SMILES string of the molecule is O=C(NCCCc1ccccc1)c1ccc(=O)[nH]c1. The first-order valence-corrected chi connectivity index (χ1v) is 6.26. The molecule has 0 aliphatic rings. The molecule has 0 aliphatic carbocycles. The summed E-state index contributed by atoms with van der Waals surface area (Å²) in [5, 5.41) is 2.83. The summed E-state index contributed by atoms with van der Waals surface area (Å²) in [5.74, 6) is -0.163. The highest BCUT2D eigenvalue weighted by molar-refractivity contribution is 5.93. The van der Waals surface area contributed by atoms with Crippen LogP contribution in [0.4, 0.5) is 0 Å². The van der Waals surface area contributed by atoms with Crippen LogP contribution in [-0.4, -0.2) is 17.4 Å². The van der Waals surface area contributed by atoms with E-state index in [-0.39, 0.29) is 11.5 Å². The molecular formula is C15H16N2O2. The number of hydrogen-bond donors (Lipinski definition) is 2. The Hall–Kier alpha value is -2.36. The Labute approximate surface area is 111 Å². The van der Waals surface area contributed by atoms with E-state index >= 15 is 0 Å². The fourth-order valence-electron chi connectivity index (χ4n) is 1.79. The molecule has 2 N–H and O–H groups in total. The molecular weight excluding hydrogens is 240 g/mol. The summed E-state index contributed by atoms with van der Waals surface area (Å²) < 4.78 is 0. The summed E-state index contributed by atoms with van der Waals surface area (Å²) in [6.07, 6.45) is 3.25. The van der Waals surface area contributed by atoms with Crippen LogP contribution in [0.25, 0.3) is 0 Å². The monoisotopic (exact) mass is 256 g/mol. The molecule has 0 saturated carbocycles. The fraction of sp³-hybridized carbons (Fsp3) is 0.200. The van der Waals surface area contributed by atoms with Crippen molar-refractivity contribution in [3.63, 3.8) is 0 Å². The van der Waals surface area contributed by atoms with Crippen LogP contribution in [0.5, 0.6) is 0 Å². The lowest BCUT2D eigenvalue weighted by Gasteiger charge is -2.05. The van der Waals surface area contributed by atoms with Gasteiger partial charge in [-0.3, -0.25) is 9.59 Å². The van der Waals surface area contributed by atoms with Crippen LogP contribution in [0.1, 0.15) is 22.3 Å². The van der Waals surface area contributed by atoms with E-state index in [2.05, 4.69) is 22.4 Å². The fourth-order valence-corrected chi connectivity index (χ4v) is 1.79. The molecule has 2 aromatic rings. The van der Waals surface area contributed by atoms with Crippen LogP contribution in [0.2, 0.25) is 0 Å². The van der Waals surface area contributed by atoms with Gasteiger partial charge < -0.3 is 10.3 Å². The van der Waals surface area contributed by atoms with Gasteiger partial charge in [-0.2, -0.15) is 0 Å². The molecule has 1 aromatic carbocycles. The Morgan fingerprint density at radius 1 is 1.11 bits per heavy atom. The van der Waals surface area contributed by atoms with Gasteiger partial charge in [0.15, 0.2) is 0 Å². The highest BCUT2D eigenvalue weighted by Gasteiger charge is 2.03. The molecule has 0 bridgehead atoms. The molecule has 0 fully saturated rings. The number of pyridine rings is 1. The van der Waals surface area contributed by atoms with Crippen molar-refractivity contribution in [1.29, 1.82) is 0 Å². The van der Waals surface area contributed by atoms with Crippen LogP contribution in [0.3, 0.4) is 0 Å². The van der Waals surface area contributed by atoms with Crippen LogP contribution >= 0.6 is 0 Å². The van der Waals surface area contributed by atoms with Gasteiger partial charge in [-0.05, 0) is 24.5 Å². The Bertz CT molecular complexity index is 570. The number of H-pyrrole nitrogens is 1. The minimum Gasteiger partial charge on any atom is -0.352 e. The maximum absolute atomic E-state index is 11.7. The summed E-state index contributed by atoms with van der Waals surface area (Å²) >= 11 is 0. The van der Waals surface area contributed by atoms with Gasteiger partial charge >= 0.3 is 0 Å². The lowest BCUT2D eigenvalue weighted by molar-refractivity contribution is 0.0953. The average Bonchev–Trinajstić information content (AvgIpc) is 2.45. The lowest BCUT2D eigenvalue weighted by Crippen LogP contribution is -2.25. The molecule has 0 spiro atoms. The number of aromatic amines is 1. The number of rotatable bonds is 5. The number of nitrogens with one attached hydrogen (secondary N) is 2. The Balaban J connectivity index is 1.75. The minimum atomic E-state index is -0.208. The Morgan fingerprint density at radius 2 is 1.89 bits per heavy atom. The minimum absolute atomic E-state index is 0.163. The molecule has 0 radical (unpaired) electrons. The maximum Gasteiger partial charge on any atom is 0.252 e. The van der Waals surface area contributed by atoms with Crippen LogP contribution < -0.4 is 10.9 Å². The second-order valence-electron chi connectivity index (χ2n) is 4.29. The van der Waals surface area contributed by atoms with Crippen LogP contribution in [0.15, 0.2) is 53.5 Å². The summed E-state index contributed by atoms with van der Waals surface area (Å²) in [6.45, 7) is 0.618. The molecule has 2 rings (SSSR count). The van der Waals surface area contributed by atoms with E-state index < -0.39 is 0 Å². The molecule has 19 heavy (non-hydrogen) atoms. The number of carbonyl (C=O) groups is 1. The van der Waals surface area contributed by atoms with E-state index in [4.69, 9.17) is 0 Å². The molecule has 4 heteroatoms. The van der Waals surface area contributed by atoms with Crippen molar-refractivity contribution in [3.05, 3.63) is 70.1 Å². The molecule has 1 amide bonds. The maximum atomic E-state index is 11.7. The Kier molecular flexibility index (Phi) is 4.50. The topological polar surface area (TPSA) is 62.0 Å². The molecule has 1 aromatic heterocycles. The molecule has 4 nitrogen and oxygen atoms in total. The lowest BCUT2D eigenvalue weighted by atomic mass is 10.1. The summed E-state index contributed by atoms with van der Waals surface area (Å²) in [7, 11) is 0. The van der Waals surface area contributed by atoms with E-state index in [0.29, 0.717) is 12.1 Å². The molecule has 98 valence electrons. The van der Waals surface area contributed by atoms with Crippen molar-refractivity contribution < 1.29 is 4.79 Å². The number of aromatic nitrogens is 1. The van der Waals surface area contributed by atoms with E-state index in [1.165, 1.54) is 23.9 Å². The van der Waals surface area contributed by atoms with E-state index in [1.807, 2.05) is 18.2 Å². The number of carbonyl (C=O) groups excluding carboxylic acids is 1.